The van der Waals surface area contributed by atoms with E-state index in [9.17, 15) is 9.90 Å². The zero-order chi connectivity index (χ0) is 14.8. The summed E-state index contributed by atoms with van der Waals surface area (Å²) in [7, 11) is 0. The average molecular weight is 278 g/mol. The molecule has 6 nitrogen and oxygen atoms in total. The molecule has 2 rings (SSSR count). The zero-order valence-corrected chi connectivity index (χ0v) is 12.2. The van der Waals surface area contributed by atoms with Gasteiger partial charge < -0.3 is 15.3 Å². The molecule has 1 aromatic heterocycles. The summed E-state index contributed by atoms with van der Waals surface area (Å²) in [6.45, 7) is 6.78. The SMILES string of the molecule is CC(C)(C)C1CC(Nc2ncccn2)CCN1C(=O)O. The van der Waals surface area contributed by atoms with Gasteiger partial charge in [0.25, 0.3) is 0 Å². The first-order valence-electron chi connectivity index (χ1n) is 6.91. The molecule has 1 aliphatic heterocycles. The van der Waals surface area contributed by atoms with Crippen molar-refractivity contribution in [3.05, 3.63) is 18.5 Å². The number of hydrogen-bond acceptors (Lipinski definition) is 4. The molecule has 1 aliphatic rings. The molecule has 2 N–H and O–H groups in total. The molecule has 110 valence electrons. The van der Waals surface area contributed by atoms with Gasteiger partial charge in [-0.05, 0) is 24.3 Å². The Labute approximate surface area is 119 Å². The van der Waals surface area contributed by atoms with Crippen molar-refractivity contribution in [3.8, 4) is 0 Å². The molecule has 2 unspecified atom stereocenters. The maximum atomic E-state index is 11.4. The van der Waals surface area contributed by atoms with E-state index in [1.807, 2.05) is 0 Å². The highest BCUT2D eigenvalue weighted by molar-refractivity contribution is 5.65. The largest absolute Gasteiger partial charge is 0.465 e. The number of amides is 1. The molecular formula is C14H22N4O2. The number of anilines is 1. The lowest BCUT2D eigenvalue weighted by Crippen LogP contribution is -2.54. The van der Waals surface area contributed by atoms with Gasteiger partial charge in [0, 0.05) is 31.0 Å². The molecule has 2 heterocycles. The molecule has 1 fully saturated rings. The maximum Gasteiger partial charge on any atom is 0.407 e. The van der Waals surface area contributed by atoms with Crippen LogP contribution in [0.2, 0.25) is 0 Å². The number of piperidine rings is 1. The van der Waals surface area contributed by atoms with Crippen LogP contribution in [0.5, 0.6) is 0 Å². The van der Waals surface area contributed by atoms with Crippen LogP contribution in [0.1, 0.15) is 33.6 Å². The van der Waals surface area contributed by atoms with Crippen molar-refractivity contribution < 1.29 is 9.90 Å². The van der Waals surface area contributed by atoms with E-state index in [0.717, 1.165) is 12.8 Å². The Kier molecular flexibility index (Phi) is 4.11. The van der Waals surface area contributed by atoms with Crippen molar-refractivity contribution in [1.29, 1.82) is 0 Å². The molecule has 1 amide bonds. The van der Waals surface area contributed by atoms with E-state index in [0.29, 0.717) is 12.5 Å². The van der Waals surface area contributed by atoms with Crippen LogP contribution < -0.4 is 5.32 Å². The summed E-state index contributed by atoms with van der Waals surface area (Å²) in [5.74, 6) is 0.605. The second-order valence-corrected chi connectivity index (χ2v) is 6.30. The quantitative estimate of drug-likeness (QED) is 0.868. The number of carboxylic acid groups (broad SMARTS) is 1. The third kappa shape index (κ3) is 3.37. The molecule has 0 aliphatic carbocycles. The highest BCUT2D eigenvalue weighted by Crippen LogP contribution is 2.32. The molecule has 1 saturated heterocycles. The number of hydrogen-bond donors (Lipinski definition) is 2. The molecule has 0 aromatic carbocycles. The Hall–Kier alpha value is -1.85. The van der Waals surface area contributed by atoms with Crippen LogP contribution in [0.25, 0.3) is 0 Å². The van der Waals surface area contributed by atoms with Gasteiger partial charge in [-0.2, -0.15) is 0 Å². The minimum absolute atomic E-state index is 0.00466. The monoisotopic (exact) mass is 278 g/mol. The van der Waals surface area contributed by atoms with Gasteiger partial charge in [-0.25, -0.2) is 14.8 Å². The average Bonchev–Trinajstić information content (AvgIpc) is 2.38. The van der Waals surface area contributed by atoms with Crippen molar-refractivity contribution in [2.45, 2.75) is 45.7 Å². The summed E-state index contributed by atoms with van der Waals surface area (Å²) in [4.78, 5) is 21.2. The van der Waals surface area contributed by atoms with E-state index < -0.39 is 6.09 Å². The van der Waals surface area contributed by atoms with Crippen molar-refractivity contribution in [2.24, 2.45) is 5.41 Å². The van der Waals surface area contributed by atoms with Gasteiger partial charge in [0.15, 0.2) is 0 Å². The lowest BCUT2D eigenvalue weighted by atomic mass is 9.79. The van der Waals surface area contributed by atoms with Crippen LogP contribution in [0.15, 0.2) is 18.5 Å². The first-order chi connectivity index (χ1) is 9.38. The summed E-state index contributed by atoms with van der Waals surface area (Å²) in [5, 5.41) is 12.6. The van der Waals surface area contributed by atoms with E-state index in [-0.39, 0.29) is 17.5 Å². The molecule has 1 aromatic rings. The fraction of sp³-hybridized carbons (Fsp3) is 0.643. The molecule has 0 saturated carbocycles. The van der Waals surface area contributed by atoms with E-state index in [1.165, 1.54) is 0 Å². The van der Waals surface area contributed by atoms with Crippen molar-refractivity contribution >= 4 is 12.0 Å². The third-order valence-electron chi connectivity index (χ3n) is 3.75. The van der Waals surface area contributed by atoms with Crippen molar-refractivity contribution in [2.75, 3.05) is 11.9 Å². The molecular weight excluding hydrogens is 256 g/mol. The number of likely N-dealkylation sites (tertiary alicyclic amines) is 1. The normalized spacial score (nSPS) is 23.4. The van der Waals surface area contributed by atoms with Crippen LogP contribution in [0.4, 0.5) is 10.7 Å². The van der Waals surface area contributed by atoms with E-state index >= 15 is 0 Å². The lowest BCUT2D eigenvalue weighted by molar-refractivity contribution is 0.0557. The van der Waals surface area contributed by atoms with Gasteiger partial charge >= 0.3 is 6.09 Å². The van der Waals surface area contributed by atoms with Crippen LogP contribution >= 0.6 is 0 Å². The van der Waals surface area contributed by atoms with Gasteiger partial charge in [0.2, 0.25) is 5.95 Å². The predicted molar refractivity (Wildman–Crippen MR) is 76.7 cm³/mol. The standard InChI is InChI=1S/C14H22N4O2/c1-14(2,3)11-9-10(5-8-18(11)13(19)20)17-12-15-6-4-7-16-12/h4,6-7,10-11H,5,8-9H2,1-3H3,(H,19,20)(H,15,16,17). The highest BCUT2D eigenvalue weighted by Gasteiger charge is 2.38. The van der Waals surface area contributed by atoms with Gasteiger partial charge in [-0.3, -0.25) is 0 Å². The number of aromatic nitrogens is 2. The van der Waals surface area contributed by atoms with Crippen LogP contribution in [0.3, 0.4) is 0 Å². The predicted octanol–water partition coefficient (Wildman–Crippen LogP) is 2.45. The Morgan fingerprint density at radius 3 is 2.60 bits per heavy atom. The summed E-state index contributed by atoms with van der Waals surface area (Å²) >= 11 is 0. The Bertz CT molecular complexity index is 458. The van der Waals surface area contributed by atoms with Crippen LogP contribution in [0, 0.1) is 5.41 Å². The fourth-order valence-corrected chi connectivity index (χ4v) is 2.70. The minimum atomic E-state index is -0.834. The maximum absolute atomic E-state index is 11.4. The van der Waals surface area contributed by atoms with E-state index in [4.69, 9.17) is 0 Å². The topological polar surface area (TPSA) is 78.4 Å². The summed E-state index contributed by atoms with van der Waals surface area (Å²) in [6.07, 6.45) is 4.11. The van der Waals surface area contributed by atoms with E-state index in [1.54, 1.807) is 23.4 Å². The van der Waals surface area contributed by atoms with Gasteiger partial charge in [0.1, 0.15) is 0 Å². The Balaban J connectivity index is 2.07. The van der Waals surface area contributed by atoms with Gasteiger partial charge in [-0.1, -0.05) is 20.8 Å². The second-order valence-electron chi connectivity index (χ2n) is 6.30. The first-order valence-corrected chi connectivity index (χ1v) is 6.91. The second kappa shape index (κ2) is 5.64. The fourth-order valence-electron chi connectivity index (χ4n) is 2.70. The molecule has 6 heteroatoms. The van der Waals surface area contributed by atoms with Gasteiger partial charge in [0.05, 0.1) is 0 Å². The van der Waals surface area contributed by atoms with E-state index in [2.05, 4.69) is 36.1 Å². The summed E-state index contributed by atoms with van der Waals surface area (Å²) in [5.41, 5.74) is -0.0870. The Morgan fingerprint density at radius 1 is 1.40 bits per heavy atom. The number of nitrogens with one attached hydrogen (secondary N) is 1. The Morgan fingerprint density at radius 2 is 2.05 bits per heavy atom. The highest BCUT2D eigenvalue weighted by atomic mass is 16.4. The molecule has 0 spiro atoms. The van der Waals surface area contributed by atoms with Crippen molar-refractivity contribution in [1.82, 2.24) is 14.9 Å². The van der Waals surface area contributed by atoms with Crippen LogP contribution in [-0.2, 0) is 0 Å². The molecule has 20 heavy (non-hydrogen) atoms. The van der Waals surface area contributed by atoms with Gasteiger partial charge in [-0.15, -0.1) is 0 Å². The lowest BCUT2D eigenvalue weighted by Gasteiger charge is -2.44. The third-order valence-corrected chi connectivity index (χ3v) is 3.75. The smallest absolute Gasteiger partial charge is 0.407 e. The summed E-state index contributed by atoms with van der Waals surface area (Å²) < 4.78 is 0. The molecule has 0 radical (unpaired) electrons. The minimum Gasteiger partial charge on any atom is -0.465 e. The van der Waals surface area contributed by atoms with Crippen LogP contribution in [-0.4, -0.2) is 44.7 Å². The number of carbonyl (C=O) groups is 1. The number of nitrogens with zero attached hydrogens (tertiary/aromatic N) is 3. The molecule has 2 atom stereocenters. The van der Waals surface area contributed by atoms with Crippen molar-refractivity contribution in [3.63, 3.8) is 0 Å². The first kappa shape index (κ1) is 14.6. The number of rotatable bonds is 2. The summed E-state index contributed by atoms with van der Waals surface area (Å²) in [6, 6.07) is 1.98. The molecule has 0 bridgehead atoms. The zero-order valence-electron chi connectivity index (χ0n) is 12.2.